The molecule has 0 spiro atoms. The standard InChI is InChI=1S/C18H29N3O3/c1-4-8-19-9-5-7-16(19)17(22)20-10-6-11-21(13-12-20)18(23)24-14-15(2)3/h1,15-16H,5-14H2,2-3H3/t16-/m0/s1. The molecule has 0 aliphatic carbocycles. The Morgan fingerprint density at radius 3 is 2.54 bits per heavy atom. The number of carbonyl (C=O) groups is 2. The van der Waals surface area contributed by atoms with Gasteiger partial charge in [-0.2, -0.15) is 0 Å². The van der Waals surface area contributed by atoms with Crippen LogP contribution in [0.1, 0.15) is 33.1 Å². The second-order valence-corrected chi connectivity index (χ2v) is 6.97. The van der Waals surface area contributed by atoms with Gasteiger partial charge in [-0.1, -0.05) is 19.8 Å². The summed E-state index contributed by atoms with van der Waals surface area (Å²) in [6.07, 6.45) is 7.80. The van der Waals surface area contributed by atoms with Gasteiger partial charge in [-0.05, 0) is 31.7 Å². The van der Waals surface area contributed by atoms with E-state index in [-0.39, 0.29) is 18.0 Å². The molecule has 2 saturated heterocycles. The van der Waals surface area contributed by atoms with Crippen molar-refractivity contribution in [2.24, 2.45) is 5.92 Å². The average Bonchev–Trinajstić information content (AvgIpc) is 2.87. The fourth-order valence-corrected chi connectivity index (χ4v) is 3.27. The predicted molar refractivity (Wildman–Crippen MR) is 92.4 cm³/mol. The molecular weight excluding hydrogens is 306 g/mol. The number of rotatable bonds is 4. The van der Waals surface area contributed by atoms with Gasteiger partial charge in [0.05, 0.1) is 19.2 Å². The van der Waals surface area contributed by atoms with E-state index in [1.54, 1.807) is 4.90 Å². The highest BCUT2D eigenvalue weighted by Crippen LogP contribution is 2.19. The number of carbonyl (C=O) groups excluding carboxylic acids is 2. The first-order valence-corrected chi connectivity index (χ1v) is 8.91. The van der Waals surface area contributed by atoms with Crippen LogP contribution in [-0.2, 0) is 9.53 Å². The van der Waals surface area contributed by atoms with Crippen LogP contribution in [0.15, 0.2) is 0 Å². The molecule has 0 radical (unpaired) electrons. The van der Waals surface area contributed by atoms with E-state index in [1.165, 1.54) is 0 Å². The summed E-state index contributed by atoms with van der Waals surface area (Å²) < 4.78 is 5.30. The van der Waals surface area contributed by atoms with E-state index in [1.807, 2.05) is 18.7 Å². The normalized spacial score (nSPS) is 22.3. The molecule has 2 aliphatic rings. The van der Waals surface area contributed by atoms with Gasteiger partial charge in [-0.25, -0.2) is 4.79 Å². The van der Waals surface area contributed by atoms with Crippen LogP contribution in [-0.4, -0.2) is 78.6 Å². The van der Waals surface area contributed by atoms with E-state index in [9.17, 15) is 9.59 Å². The van der Waals surface area contributed by atoms with E-state index in [0.29, 0.717) is 45.2 Å². The minimum absolute atomic E-state index is 0.0968. The molecule has 6 heteroatoms. The van der Waals surface area contributed by atoms with Gasteiger partial charge in [0.1, 0.15) is 0 Å². The number of nitrogens with zero attached hydrogens (tertiary/aromatic N) is 3. The zero-order valence-corrected chi connectivity index (χ0v) is 14.9. The molecule has 134 valence electrons. The molecule has 0 N–H and O–H groups in total. The van der Waals surface area contributed by atoms with Crippen molar-refractivity contribution in [1.29, 1.82) is 0 Å². The van der Waals surface area contributed by atoms with E-state index in [2.05, 4.69) is 10.8 Å². The van der Waals surface area contributed by atoms with Crippen LogP contribution >= 0.6 is 0 Å². The van der Waals surface area contributed by atoms with Crippen LogP contribution in [0.25, 0.3) is 0 Å². The molecule has 0 unspecified atom stereocenters. The zero-order chi connectivity index (χ0) is 17.5. The van der Waals surface area contributed by atoms with Crippen molar-refractivity contribution in [2.75, 3.05) is 45.9 Å². The summed E-state index contributed by atoms with van der Waals surface area (Å²) >= 11 is 0. The van der Waals surface area contributed by atoms with Crippen LogP contribution < -0.4 is 0 Å². The van der Waals surface area contributed by atoms with Crippen LogP contribution in [0.3, 0.4) is 0 Å². The Bertz CT molecular complexity index is 486. The van der Waals surface area contributed by atoms with E-state index in [4.69, 9.17) is 11.2 Å². The molecule has 0 aromatic carbocycles. The molecule has 2 fully saturated rings. The molecule has 0 aromatic rings. The maximum atomic E-state index is 12.8. The number of hydrogen-bond donors (Lipinski definition) is 0. The third-order valence-electron chi connectivity index (χ3n) is 4.55. The molecule has 2 aliphatic heterocycles. The van der Waals surface area contributed by atoms with Gasteiger partial charge in [-0.3, -0.25) is 9.69 Å². The van der Waals surface area contributed by atoms with Crippen molar-refractivity contribution in [1.82, 2.24) is 14.7 Å². The molecule has 2 heterocycles. The van der Waals surface area contributed by atoms with Gasteiger partial charge >= 0.3 is 6.09 Å². The van der Waals surface area contributed by atoms with Crippen LogP contribution in [0.4, 0.5) is 4.79 Å². The molecular formula is C18H29N3O3. The summed E-state index contributed by atoms with van der Waals surface area (Å²) in [7, 11) is 0. The highest BCUT2D eigenvalue weighted by atomic mass is 16.6. The Morgan fingerprint density at radius 1 is 1.12 bits per heavy atom. The fourth-order valence-electron chi connectivity index (χ4n) is 3.27. The SMILES string of the molecule is C#CCN1CCC[C@H]1C(=O)N1CCCN(C(=O)OCC(C)C)CC1. The summed E-state index contributed by atoms with van der Waals surface area (Å²) in [5.74, 6) is 3.12. The van der Waals surface area contributed by atoms with Crippen LogP contribution in [0, 0.1) is 18.3 Å². The smallest absolute Gasteiger partial charge is 0.409 e. The number of terminal acetylenes is 1. The Kier molecular flexibility index (Phi) is 6.92. The van der Waals surface area contributed by atoms with Gasteiger partial charge in [0.15, 0.2) is 0 Å². The average molecular weight is 335 g/mol. The Balaban J connectivity index is 1.87. The van der Waals surface area contributed by atoms with Crippen LogP contribution in [0.2, 0.25) is 0 Å². The van der Waals surface area contributed by atoms with Crippen molar-refractivity contribution in [2.45, 2.75) is 39.2 Å². The first-order chi connectivity index (χ1) is 11.5. The monoisotopic (exact) mass is 335 g/mol. The second-order valence-electron chi connectivity index (χ2n) is 6.97. The van der Waals surface area contributed by atoms with Crippen molar-refractivity contribution in [3.05, 3.63) is 0 Å². The molecule has 2 rings (SSSR count). The van der Waals surface area contributed by atoms with E-state index < -0.39 is 0 Å². The molecule has 1 atom stereocenters. The lowest BCUT2D eigenvalue weighted by molar-refractivity contribution is -0.135. The topological polar surface area (TPSA) is 53.1 Å². The quantitative estimate of drug-likeness (QED) is 0.729. The number of hydrogen-bond acceptors (Lipinski definition) is 4. The molecule has 24 heavy (non-hydrogen) atoms. The minimum atomic E-state index is -0.271. The maximum Gasteiger partial charge on any atom is 0.409 e. The molecule has 2 amide bonds. The van der Waals surface area contributed by atoms with Gasteiger partial charge in [-0.15, -0.1) is 6.42 Å². The second kappa shape index (κ2) is 8.93. The lowest BCUT2D eigenvalue weighted by Gasteiger charge is -2.28. The van der Waals surface area contributed by atoms with Crippen molar-refractivity contribution in [3.63, 3.8) is 0 Å². The van der Waals surface area contributed by atoms with Gasteiger partial charge in [0.25, 0.3) is 0 Å². The Labute approximate surface area is 145 Å². The fraction of sp³-hybridized carbons (Fsp3) is 0.778. The molecule has 0 bridgehead atoms. The summed E-state index contributed by atoms with van der Waals surface area (Å²) in [5.41, 5.74) is 0. The number of ether oxygens (including phenoxy) is 1. The highest BCUT2D eigenvalue weighted by Gasteiger charge is 2.34. The van der Waals surface area contributed by atoms with Gasteiger partial charge in [0, 0.05) is 26.2 Å². The van der Waals surface area contributed by atoms with Crippen molar-refractivity contribution < 1.29 is 14.3 Å². The summed E-state index contributed by atoms with van der Waals surface area (Å²) in [6, 6.07) is -0.0968. The van der Waals surface area contributed by atoms with Crippen LogP contribution in [0.5, 0.6) is 0 Å². The lowest BCUT2D eigenvalue weighted by atomic mass is 10.2. The zero-order valence-electron chi connectivity index (χ0n) is 14.9. The highest BCUT2D eigenvalue weighted by molar-refractivity contribution is 5.82. The predicted octanol–water partition coefficient (Wildman–Crippen LogP) is 1.41. The number of amides is 2. The summed E-state index contributed by atoms with van der Waals surface area (Å²) in [4.78, 5) is 30.6. The maximum absolute atomic E-state index is 12.8. The van der Waals surface area contributed by atoms with Gasteiger partial charge in [0.2, 0.25) is 5.91 Å². The third kappa shape index (κ3) is 4.88. The van der Waals surface area contributed by atoms with Crippen molar-refractivity contribution in [3.8, 4) is 12.3 Å². The summed E-state index contributed by atoms with van der Waals surface area (Å²) in [6.45, 7) is 8.30. The Morgan fingerprint density at radius 2 is 1.83 bits per heavy atom. The molecule has 0 saturated carbocycles. The van der Waals surface area contributed by atoms with E-state index in [0.717, 1.165) is 25.8 Å². The van der Waals surface area contributed by atoms with E-state index >= 15 is 0 Å². The largest absolute Gasteiger partial charge is 0.449 e. The first-order valence-electron chi connectivity index (χ1n) is 8.91. The molecule has 0 aromatic heterocycles. The lowest BCUT2D eigenvalue weighted by Crippen LogP contribution is -2.47. The first kappa shape index (κ1) is 18.6. The minimum Gasteiger partial charge on any atom is -0.449 e. The summed E-state index contributed by atoms with van der Waals surface area (Å²) in [5, 5.41) is 0. The van der Waals surface area contributed by atoms with Gasteiger partial charge < -0.3 is 14.5 Å². The Hall–Kier alpha value is -1.74. The number of likely N-dealkylation sites (tertiary alicyclic amines) is 1. The third-order valence-corrected chi connectivity index (χ3v) is 4.55. The molecule has 6 nitrogen and oxygen atoms in total. The van der Waals surface area contributed by atoms with Crippen molar-refractivity contribution >= 4 is 12.0 Å².